The summed E-state index contributed by atoms with van der Waals surface area (Å²) in [5.41, 5.74) is 3.98. The number of likely N-dealkylation sites (N-methyl/N-ethyl adjacent to an activating group) is 1. The van der Waals surface area contributed by atoms with Gasteiger partial charge in [0.25, 0.3) is 0 Å². The van der Waals surface area contributed by atoms with Gasteiger partial charge >= 0.3 is 0 Å². The molecule has 0 unspecified atom stereocenters. The highest BCUT2D eigenvalue weighted by molar-refractivity contribution is 6.42. The molecule has 0 N–H and O–H groups in total. The molecule has 2 fully saturated rings. The van der Waals surface area contributed by atoms with Gasteiger partial charge in [-0.1, -0.05) is 29.3 Å². The number of rotatable bonds is 3. The van der Waals surface area contributed by atoms with Gasteiger partial charge in [-0.15, -0.1) is 0 Å². The lowest BCUT2D eigenvalue weighted by Gasteiger charge is -2.35. The summed E-state index contributed by atoms with van der Waals surface area (Å²) in [4.78, 5) is 6.85. The number of halogens is 3. The Labute approximate surface area is 175 Å². The number of hydrogen-bond acceptors (Lipinski definition) is 3. The van der Waals surface area contributed by atoms with Gasteiger partial charge in [-0.3, -0.25) is 0 Å². The Balaban J connectivity index is 1.57. The zero-order valence-electron chi connectivity index (χ0n) is 16.0. The van der Waals surface area contributed by atoms with Gasteiger partial charge in [-0.25, -0.2) is 4.39 Å². The Kier molecular flexibility index (Phi) is 5.81. The zero-order chi connectivity index (χ0) is 19.7. The van der Waals surface area contributed by atoms with Crippen LogP contribution in [-0.4, -0.2) is 51.2 Å². The molecule has 2 aromatic carbocycles. The van der Waals surface area contributed by atoms with E-state index in [0.29, 0.717) is 15.6 Å². The van der Waals surface area contributed by atoms with Crippen molar-refractivity contribution in [2.45, 2.75) is 6.42 Å². The van der Waals surface area contributed by atoms with E-state index < -0.39 is 0 Å². The minimum absolute atomic E-state index is 0.156. The van der Waals surface area contributed by atoms with Crippen molar-refractivity contribution in [3.05, 3.63) is 63.4 Å². The normalized spacial score (nSPS) is 19.6. The first-order valence-electron chi connectivity index (χ1n) is 9.63. The molecule has 0 bridgehead atoms. The third-order valence-corrected chi connectivity index (χ3v) is 6.33. The predicted molar refractivity (Wildman–Crippen MR) is 117 cm³/mol. The summed E-state index contributed by atoms with van der Waals surface area (Å²) >= 11 is 12.2. The van der Waals surface area contributed by atoms with Crippen LogP contribution in [0.25, 0.3) is 6.08 Å². The third kappa shape index (κ3) is 4.14. The van der Waals surface area contributed by atoms with Crippen molar-refractivity contribution in [1.29, 1.82) is 0 Å². The van der Waals surface area contributed by atoms with Crippen LogP contribution in [0.1, 0.15) is 12.0 Å². The molecule has 0 aromatic heterocycles. The number of piperazine rings is 1. The van der Waals surface area contributed by atoms with Crippen LogP contribution >= 0.6 is 23.2 Å². The van der Waals surface area contributed by atoms with Gasteiger partial charge < -0.3 is 14.7 Å². The minimum atomic E-state index is -0.156. The molecule has 0 spiro atoms. The van der Waals surface area contributed by atoms with E-state index in [0.717, 1.165) is 57.1 Å². The summed E-state index contributed by atoms with van der Waals surface area (Å²) in [6.45, 7) is 5.50. The second-order valence-corrected chi connectivity index (χ2v) is 8.35. The molecule has 28 heavy (non-hydrogen) atoms. The summed E-state index contributed by atoms with van der Waals surface area (Å²) in [6, 6.07) is 11.1. The van der Waals surface area contributed by atoms with Crippen LogP contribution in [0.15, 0.2) is 42.0 Å². The Morgan fingerprint density at radius 2 is 1.71 bits per heavy atom. The maximum Gasteiger partial charge on any atom is 0.132 e. The highest BCUT2D eigenvalue weighted by atomic mass is 35.5. The van der Waals surface area contributed by atoms with Gasteiger partial charge in [0, 0.05) is 56.2 Å². The second-order valence-electron chi connectivity index (χ2n) is 7.54. The number of nitrogens with zero attached hydrogens (tertiary/aromatic N) is 3. The molecule has 6 heteroatoms. The summed E-state index contributed by atoms with van der Waals surface area (Å²) in [5, 5.41) is 1.12. The van der Waals surface area contributed by atoms with Crippen molar-refractivity contribution in [3.8, 4) is 0 Å². The predicted octanol–water partition coefficient (Wildman–Crippen LogP) is 5.18. The van der Waals surface area contributed by atoms with Crippen LogP contribution in [-0.2, 0) is 0 Å². The molecular formula is C22H24Cl2FN3. The van der Waals surface area contributed by atoms with Crippen molar-refractivity contribution < 1.29 is 4.39 Å². The van der Waals surface area contributed by atoms with Crippen molar-refractivity contribution >= 4 is 40.7 Å². The fourth-order valence-corrected chi connectivity index (χ4v) is 4.19. The van der Waals surface area contributed by atoms with Crippen LogP contribution in [0.2, 0.25) is 10.0 Å². The SMILES string of the molecule is CN1CCN(c2cccc(F)c2C=C2CCN(c3ccc(Cl)c(Cl)c3)C2)CC1. The molecule has 3 nitrogen and oxygen atoms in total. The lowest BCUT2D eigenvalue weighted by Crippen LogP contribution is -2.44. The molecule has 0 amide bonds. The van der Waals surface area contributed by atoms with Crippen molar-refractivity contribution in [2.24, 2.45) is 0 Å². The van der Waals surface area contributed by atoms with Crippen LogP contribution < -0.4 is 9.80 Å². The first-order chi connectivity index (χ1) is 13.5. The molecule has 2 aliphatic rings. The van der Waals surface area contributed by atoms with Crippen molar-refractivity contribution in [1.82, 2.24) is 4.90 Å². The molecule has 2 aromatic rings. The van der Waals surface area contributed by atoms with E-state index in [1.807, 2.05) is 36.4 Å². The molecule has 0 radical (unpaired) electrons. The van der Waals surface area contributed by atoms with E-state index >= 15 is 0 Å². The number of anilines is 2. The van der Waals surface area contributed by atoms with Gasteiger partial charge in [-0.05, 0) is 55.4 Å². The molecule has 0 atom stereocenters. The van der Waals surface area contributed by atoms with Gasteiger partial charge in [-0.2, -0.15) is 0 Å². The Morgan fingerprint density at radius 3 is 2.46 bits per heavy atom. The molecule has 2 heterocycles. The molecule has 0 saturated carbocycles. The topological polar surface area (TPSA) is 9.72 Å². The van der Waals surface area contributed by atoms with Crippen molar-refractivity contribution in [3.63, 3.8) is 0 Å². The average molecular weight is 420 g/mol. The van der Waals surface area contributed by atoms with E-state index in [4.69, 9.17) is 23.2 Å². The minimum Gasteiger partial charge on any atom is -0.368 e. The number of benzene rings is 2. The fourth-order valence-electron chi connectivity index (χ4n) is 3.90. The molecule has 2 aliphatic heterocycles. The Hall–Kier alpha value is -1.75. The van der Waals surface area contributed by atoms with Gasteiger partial charge in [0.1, 0.15) is 5.82 Å². The van der Waals surface area contributed by atoms with E-state index in [2.05, 4.69) is 21.7 Å². The molecule has 0 aliphatic carbocycles. The highest BCUT2D eigenvalue weighted by Gasteiger charge is 2.21. The maximum atomic E-state index is 14.7. The van der Waals surface area contributed by atoms with Crippen LogP contribution in [0.4, 0.5) is 15.8 Å². The maximum absolute atomic E-state index is 14.7. The van der Waals surface area contributed by atoms with E-state index in [-0.39, 0.29) is 5.82 Å². The summed E-state index contributed by atoms with van der Waals surface area (Å²) in [5.74, 6) is -0.156. The summed E-state index contributed by atoms with van der Waals surface area (Å²) < 4.78 is 14.7. The Bertz CT molecular complexity index is 891. The van der Waals surface area contributed by atoms with Gasteiger partial charge in [0.05, 0.1) is 10.0 Å². The van der Waals surface area contributed by atoms with E-state index in [1.165, 1.54) is 5.57 Å². The second kappa shape index (κ2) is 8.32. The molecular weight excluding hydrogens is 396 g/mol. The quantitative estimate of drug-likeness (QED) is 0.678. The fraction of sp³-hybridized carbons (Fsp3) is 0.364. The van der Waals surface area contributed by atoms with Gasteiger partial charge in [0.2, 0.25) is 0 Å². The highest BCUT2D eigenvalue weighted by Crippen LogP contribution is 2.32. The molecule has 148 valence electrons. The standard InChI is InChI=1S/C22H24Cl2FN3/c1-26-9-11-27(12-10-26)22-4-2-3-21(25)18(22)13-16-7-8-28(15-16)17-5-6-19(23)20(24)14-17/h2-6,13-14H,7-12,15H2,1H3. The molecule has 2 saturated heterocycles. The monoisotopic (exact) mass is 419 g/mol. The van der Waals surface area contributed by atoms with Crippen LogP contribution in [0.5, 0.6) is 0 Å². The third-order valence-electron chi connectivity index (χ3n) is 5.59. The summed E-state index contributed by atoms with van der Waals surface area (Å²) in [7, 11) is 2.13. The Morgan fingerprint density at radius 1 is 0.929 bits per heavy atom. The summed E-state index contributed by atoms with van der Waals surface area (Å²) in [6.07, 6.45) is 2.96. The average Bonchev–Trinajstić information content (AvgIpc) is 3.15. The first-order valence-corrected chi connectivity index (χ1v) is 10.4. The first kappa shape index (κ1) is 19.6. The number of hydrogen-bond donors (Lipinski definition) is 0. The van der Waals surface area contributed by atoms with Crippen LogP contribution in [0.3, 0.4) is 0 Å². The molecule has 4 rings (SSSR count). The van der Waals surface area contributed by atoms with Crippen LogP contribution in [0, 0.1) is 5.82 Å². The van der Waals surface area contributed by atoms with E-state index in [9.17, 15) is 4.39 Å². The lowest BCUT2D eigenvalue weighted by atomic mass is 10.1. The lowest BCUT2D eigenvalue weighted by molar-refractivity contribution is 0.312. The zero-order valence-corrected chi connectivity index (χ0v) is 17.5. The van der Waals surface area contributed by atoms with Crippen molar-refractivity contribution in [2.75, 3.05) is 56.1 Å². The smallest absolute Gasteiger partial charge is 0.132 e. The largest absolute Gasteiger partial charge is 0.368 e. The van der Waals surface area contributed by atoms with Gasteiger partial charge in [0.15, 0.2) is 0 Å². The van der Waals surface area contributed by atoms with E-state index in [1.54, 1.807) is 6.07 Å².